The average molecular weight is 312 g/mol. The monoisotopic (exact) mass is 312 g/mol. The van der Waals surface area contributed by atoms with Crippen molar-refractivity contribution in [3.05, 3.63) is 22.1 Å². The Morgan fingerprint density at radius 3 is 2.86 bits per heavy atom. The molecular formula is C14H24N4O4. The average Bonchev–Trinajstić information content (AvgIpc) is 2.97. The molecule has 0 unspecified atom stereocenters. The van der Waals surface area contributed by atoms with E-state index in [1.54, 1.807) is 4.90 Å². The number of rotatable bonds is 3. The van der Waals surface area contributed by atoms with Gasteiger partial charge < -0.3 is 19.9 Å². The maximum atomic E-state index is 12.3. The van der Waals surface area contributed by atoms with Gasteiger partial charge in [-0.15, -0.1) is 0 Å². The quantitative estimate of drug-likeness (QED) is 0.625. The molecule has 2 saturated heterocycles. The molecule has 2 rings (SSSR count). The zero-order valence-electron chi connectivity index (χ0n) is 13.4. The molecule has 1 amide bonds. The lowest BCUT2D eigenvalue weighted by atomic mass is 10.2. The van der Waals surface area contributed by atoms with E-state index in [4.69, 9.17) is 4.74 Å². The van der Waals surface area contributed by atoms with Crippen LogP contribution in [0, 0.1) is 10.1 Å². The van der Waals surface area contributed by atoms with E-state index in [0.717, 1.165) is 19.0 Å². The van der Waals surface area contributed by atoms with Gasteiger partial charge >= 0.3 is 6.09 Å². The molecule has 2 fully saturated rings. The van der Waals surface area contributed by atoms with Crippen LogP contribution in [-0.2, 0) is 4.74 Å². The number of amides is 1. The van der Waals surface area contributed by atoms with Gasteiger partial charge in [-0.2, -0.15) is 0 Å². The number of carbonyl (C=O) groups excluding carboxylic acids is 1. The lowest BCUT2D eigenvalue weighted by molar-refractivity contribution is -0.404. The topological polar surface area (TPSA) is 88.0 Å². The first-order valence-electron chi connectivity index (χ1n) is 7.60. The first kappa shape index (κ1) is 16.4. The molecular weight excluding hydrogens is 288 g/mol. The number of ether oxygens (including phenoxy) is 1. The van der Waals surface area contributed by atoms with Gasteiger partial charge in [0, 0.05) is 26.2 Å². The maximum absolute atomic E-state index is 12.3. The third-order valence-corrected chi connectivity index (χ3v) is 3.69. The summed E-state index contributed by atoms with van der Waals surface area (Å²) in [6.07, 6.45) is 2.50. The van der Waals surface area contributed by atoms with Crippen LogP contribution in [0.3, 0.4) is 0 Å². The van der Waals surface area contributed by atoms with Gasteiger partial charge in [-0.3, -0.25) is 10.1 Å². The molecule has 124 valence electrons. The van der Waals surface area contributed by atoms with E-state index in [-0.39, 0.29) is 12.1 Å². The second kappa shape index (κ2) is 6.41. The summed E-state index contributed by atoms with van der Waals surface area (Å²) in [4.78, 5) is 26.1. The van der Waals surface area contributed by atoms with Crippen LogP contribution in [0.5, 0.6) is 0 Å². The Hall–Kier alpha value is -1.99. The molecule has 2 aliphatic heterocycles. The number of hydrogen-bond donors (Lipinski definition) is 1. The van der Waals surface area contributed by atoms with Gasteiger partial charge in [-0.25, -0.2) is 4.79 Å². The largest absolute Gasteiger partial charge is 0.444 e. The molecule has 0 aliphatic carbocycles. The normalized spacial score (nSPS) is 23.8. The van der Waals surface area contributed by atoms with Crippen molar-refractivity contribution < 1.29 is 14.5 Å². The third-order valence-electron chi connectivity index (χ3n) is 3.69. The van der Waals surface area contributed by atoms with Crippen molar-refractivity contribution in [2.45, 2.75) is 45.3 Å². The van der Waals surface area contributed by atoms with Crippen molar-refractivity contribution in [1.29, 1.82) is 0 Å². The minimum absolute atomic E-state index is 0.0323. The van der Waals surface area contributed by atoms with E-state index in [9.17, 15) is 14.9 Å². The van der Waals surface area contributed by atoms with Gasteiger partial charge in [0.1, 0.15) is 5.60 Å². The zero-order valence-corrected chi connectivity index (χ0v) is 13.4. The summed E-state index contributed by atoms with van der Waals surface area (Å²) < 4.78 is 5.44. The zero-order chi connectivity index (χ0) is 16.3. The summed E-state index contributed by atoms with van der Waals surface area (Å²) in [7, 11) is 0. The summed E-state index contributed by atoms with van der Waals surface area (Å²) in [6, 6.07) is 0.0323. The second-order valence-electron chi connectivity index (χ2n) is 6.64. The number of nitrogens with one attached hydrogen (secondary N) is 1. The number of carbonyl (C=O) groups is 1. The number of nitro groups is 1. The maximum Gasteiger partial charge on any atom is 0.410 e. The van der Waals surface area contributed by atoms with Crippen LogP contribution in [-0.4, -0.2) is 58.6 Å². The number of likely N-dealkylation sites (tertiary alicyclic amines) is 1. The summed E-state index contributed by atoms with van der Waals surface area (Å²) in [5.41, 5.74) is -0.518. The highest BCUT2D eigenvalue weighted by molar-refractivity contribution is 5.69. The molecule has 0 aromatic heterocycles. The van der Waals surface area contributed by atoms with Gasteiger partial charge in [-0.1, -0.05) is 0 Å². The fourth-order valence-corrected chi connectivity index (χ4v) is 2.81. The lowest BCUT2D eigenvalue weighted by Crippen LogP contribution is -2.44. The van der Waals surface area contributed by atoms with E-state index in [2.05, 4.69) is 5.32 Å². The molecule has 0 radical (unpaired) electrons. The molecule has 0 aromatic carbocycles. The van der Waals surface area contributed by atoms with E-state index < -0.39 is 10.5 Å². The minimum atomic E-state index is -0.518. The van der Waals surface area contributed by atoms with Gasteiger partial charge in [0.05, 0.1) is 11.0 Å². The molecule has 1 N–H and O–H groups in total. The number of hydrogen-bond acceptors (Lipinski definition) is 6. The van der Waals surface area contributed by atoms with Crippen molar-refractivity contribution in [1.82, 2.24) is 15.1 Å². The van der Waals surface area contributed by atoms with Gasteiger partial charge in [0.2, 0.25) is 0 Å². The Labute approximate surface area is 130 Å². The SMILES string of the molecule is CC(C)(C)OC(=O)N1CCC[C@@H]1CN1CCN/C1=C\[N+](=O)[O-]. The molecule has 0 spiro atoms. The Kier molecular flexibility index (Phi) is 4.77. The van der Waals surface area contributed by atoms with Crippen LogP contribution in [0.15, 0.2) is 12.0 Å². The van der Waals surface area contributed by atoms with Crippen molar-refractivity contribution >= 4 is 6.09 Å². The fraction of sp³-hybridized carbons (Fsp3) is 0.786. The molecule has 0 bridgehead atoms. The van der Waals surface area contributed by atoms with E-state index in [1.165, 1.54) is 0 Å². The molecule has 0 aromatic rings. The number of nitrogens with zero attached hydrogens (tertiary/aromatic N) is 3. The van der Waals surface area contributed by atoms with Gasteiger partial charge in [0.25, 0.3) is 6.20 Å². The first-order chi connectivity index (χ1) is 10.3. The highest BCUT2D eigenvalue weighted by Crippen LogP contribution is 2.23. The molecule has 2 aliphatic rings. The minimum Gasteiger partial charge on any atom is -0.444 e. The lowest BCUT2D eigenvalue weighted by Gasteiger charge is -2.31. The van der Waals surface area contributed by atoms with Crippen LogP contribution in [0.1, 0.15) is 33.6 Å². The Balaban J connectivity index is 1.99. The van der Waals surface area contributed by atoms with Gasteiger partial charge in [0.15, 0.2) is 5.82 Å². The predicted octanol–water partition coefficient (Wildman–Crippen LogP) is 1.37. The summed E-state index contributed by atoms with van der Waals surface area (Å²) in [5.74, 6) is 0.515. The molecule has 8 heteroatoms. The summed E-state index contributed by atoms with van der Waals surface area (Å²) in [6.45, 7) is 8.19. The first-order valence-corrected chi connectivity index (χ1v) is 7.60. The standard InChI is InChI=1S/C14H24N4O4/c1-14(2,3)22-13(19)17-7-4-5-11(17)9-16-8-6-15-12(16)10-18(20)21/h10-11,15H,4-9H2,1-3H3/b12-10+/t11-/m1/s1. The molecule has 22 heavy (non-hydrogen) atoms. The van der Waals surface area contributed by atoms with Crippen molar-refractivity contribution in [3.8, 4) is 0 Å². The van der Waals surface area contributed by atoms with Crippen LogP contribution < -0.4 is 5.32 Å². The highest BCUT2D eigenvalue weighted by atomic mass is 16.6. The second-order valence-corrected chi connectivity index (χ2v) is 6.64. The van der Waals surface area contributed by atoms with Crippen molar-refractivity contribution in [2.75, 3.05) is 26.2 Å². The summed E-state index contributed by atoms with van der Waals surface area (Å²) in [5, 5.41) is 13.7. The van der Waals surface area contributed by atoms with Crippen LogP contribution in [0.2, 0.25) is 0 Å². The smallest absolute Gasteiger partial charge is 0.410 e. The van der Waals surface area contributed by atoms with Crippen LogP contribution in [0.25, 0.3) is 0 Å². The fourth-order valence-electron chi connectivity index (χ4n) is 2.81. The van der Waals surface area contributed by atoms with Crippen molar-refractivity contribution in [3.63, 3.8) is 0 Å². The van der Waals surface area contributed by atoms with Crippen LogP contribution >= 0.6 is 0 Å². The Morgan fingerprint density at radius 1 is 1.50 bits per heavy atom. The van der Waals surface area contributed by atoms with Crippen LogP contribution in [0.4, 0.5) is 4.79 Å². The third kappa shape index (κ3) is 4.25. The molecule has 0 saturated carbocycles. The molecule has 1 atom stereocenters. The molecule has 8 nitrogen and oxygen atoms in total. The van der Waals surface area contributed by atoms with E-state index in [1.807, 2.05) is 25.7 Å². The van der Waals surface area contributed by atoms with Gasteiger partial charge in [-0.05, 0) is 33.6 Å². The highest BCUT2D eigenvalue weighted by Gasteiger charge is 2.34. The Bertz CT molecular complexity index is 472. The van der Waals surface area contributed by atoms with Crippen molar-refractivity contribution in [2.24, 2.45) is 0 Å². The van der Waals surface area contributed by atoms with E-state index >= 15 is 0 Å². The van der Waals surface area contributed by atoms with E-state index in [0.29, 0.717) is 32.0 Å². The molecule has 2 heterocycles. The Morgan fingerprint density at radius 2 is 2.23 bits per heavy atom. The summed E-state index contributed by atoms with van der Waals surface area (Å²) >= 11 is 0. The predicted molar refractivity (Wildman–Crippen MR) is 80.6 cm³/mol.